The molecule has 0 fully saturated rings. The lowest BCUT2D eigenvalue weighted by molar-refractivity contribution is -0.692. The topological polar surface area (TPSA) is 74.8 Å². The van der Waals surface area contributed by atoms with Crippen molar-refractivity contribution in [2.75, 3.05) is 13.6 Å². The number of nitrogens with two attached hydrogens (primary N) is 1. The van der Waals surface area contributed by atoms with Crippen molar-refractivity contribution in [2.24, 2.45) is 5.92 Å². The SMILES string of the molecule is CC[C@@H](C)c1ccc([C@H]([NH2+]CC(=O)NC(=O)NC)C(C)C)cc1. The highest BCUT2D eigenvalue weighted by molar-refractivity contribution is 5.94. The summed E-state index contributed by atoms with van der Waals surface area (Å²) in [6.07, 6.45) is 1.12. The van der Waals surface area contributed by atoms with E-state index in [2.05, 4.69) is 62.6 Å². The Kier molecular flexibility index (Phi) is 7.75. The Labute approximate surface area is 139 Å². The Morgan fingerprint density at radius 3 is 2.13 bits per heavy atom. The molecule has 0 aliphatic rings. The van der Waals surface area contributed by atoms with Crippen LogP contribution in [-0.4, -0.2) is 25.5 Å². The molecule has 1 aromatic rings. The number of benzene rings is 1. The molecular weight excluding hydrogens is 290 g/mol. The zero-order chi connectivity index (χ0) is 17.4. The Hall–Kier alpha value is -1.88. The van der Waals surface area contributed by atoms with Crippen molar-refractivity contribution in [1.82, 2.24) is 10.6 Å². The van der Waals surface area contributed by atoms with Crippen molar-refractivity contribution in [3.8, 4) is 0 Å². The second kappa shape index (κ2) is 9.30. The first-order valence-electron chi connectivity index (χ1n) is 8.33. The Balaban J connectivity index is 2.71. The van der Waals surface area contributed by atoms with Gasteiger partial charge < -0.3 is 10.6 Å². The van der Waals surface area contributed by atoms with E-state index in [1.54, 1.807) is 0 Å². The van der Waals surface area contributed by atoms with Crippen LogP contribution >= 0.6 is 0 Å². The van der Waals surface area contributed by atoms with E-state index in [0.29, 0.717) is 11.8 Å². The third kappa shape index (κ3) is 6.02. The van der Waals surface area contributed by atoms with Crippen LogP contribution in [0, 0.1) is 5.92 Å². The lowest BCUT2D eigenvalue weighted by Crippen LogP contribution is -2.88. The van der Waals surface area contributed by atoms with Gasteiger partial charge in [0, 0.05) is 18.5 Å². The van der Waals surface area contributed by atoms with Crippen molar-refractivity contribution in [2.45, 2.75) is 46.1 Å². The molecule has 5 nitrogen and oxygen atoms in total. The molecule has 1 aromatic carbocycles. The third-order valence-electron chi connectivity index (χ3n) is 4.26. The fourth-order valence-electron chi connectivity index (χ4n) is 2.55. The molecule has 0 radical (unpaired) electrons. The maximum absolute atomic E-state index is 11.7. The number of quaternary nitrogens is 1. The van der Waals surface area contributed by atoms with Crippen LogP contribution in [0.2, 0.25) is 0 Å². The fourth-order valence-corrected chi connectivity index (χ4v) is 2.55. The van der Waals surface area contributed by atoms with E-state index < -0.39 is 6.03 Å². The highest BCUT2D eigenvalue weighted by atomic mass is 16.2. The summed E-state index contributed by atoms with van der Waals surface area (Å²) in [7, 11) is 1.49. The van der Waals surface area contributed by atoms with E-state index in [1.165, 1.54) is 18.2 Å². The zero-order valence-electron chi connectivity index (χ0n) is 14.8. The fraction of sp³-hybridized carbons (Fsp3) is 0.556. The van der Waals surface area contributed by atoms with Crippen molar-refractivity contribution >= 4 is 11.9 Å². The molecule has 0 aliphatic carbocycles. The van der Waals surface area contributed by atoms with Crippen molar-refractivity contribution in [3.63, 3.8) is 0 Å². The number of amides is 3. The molecule has 5 heteroatoms. The van der Waals surface area contributed by atoms with Crippen LogP contribution in [0.3, 0.4) is 0 Å². The molecule has 1 rings (SSSR count). The van der Waals surface area contributed by atoms with E-state index in [0.717, 1.165) is 6.42 Å². The minimum atomic E-state index is -0.470. The molecule has 0 spiro atoms. The summed E-state index contributed by atoms with van der Waals surface area (Å²) < 4.78 is 0. The van der Waals surface area contributed by atoms with Gasteiger partial charge in [-0.05, 0) is 17.9 Å². The smallest absolute Gasteiger partial charge is 0.321 e. The van der Waals surface area contributed by atoms with Crippen molar-refractivity contribution in [3.05, 3.63) is 35.4 Å². The number of carbonyl (C=O) groups excluding carboxylic acids is 2. The normalized spacial score (nSPS) is 13.5. The van der Waals surface area contributed by atoms with Gasteiger partial charge in [0.25, 0.3) is 5.91 Å². The van der Waals surface area contributed by atoms with Crippen molar-refractivity contribution in [1.29, 1.82) is 0 Å². The first-order valence-corrected chi connectivity index (χ1v) is 8.33. The van der Waals surface area contributed by atoms with Gasteiger partial charge >= 0.3 is 6.03 Å². The summed E-state index contributed by atoms with van der Waals surface area (Å²) in [5.74, 6) is 0.660. The van der Waals surface area contributed by atoms with Crippen LogP contribution in [0.1, 0.15) is 57.2 Å². The molecule has 0 saturated heterocycles. The molecule has 0 bridgehead atoms. The van der Waals surface area contributed by atoms with Crippen LogP contribution < -0.4 is 16.0 Å². The van der Waals surface area contributed by atoms with E-state index in [9.17, 15) is 9.59 Å². The molecule has 128 valence electrons. The van der Waals surface area contributed by atoms with Gasteiger partial charge in [-0.3, -0.25) is 10.1 Å². The molecule has 4 N–H and O–H groups in total. The third-order valence-corrected chi connectivity index (χ3v) is 4.26. The second-order valence-electron chi connectivity index (χ2n) is 6.31. The lowest BCUT2D eigenvalue weighted by Gasteiger charge is -2.20. The maximum atomic E-state index is 11.7. The first-order chi connectivity index (χ1) is 10.9. The minimum Gasteiger partial charge on any atom is -0.341 e. The molecule has 2 atom stereocenters. The van der Waals surface area contributed by atoms with Gasteiger partial charge in [-0.2, -0.15) is 0 Å². The Morgan fingerprint density at radius 2 is 1.65 bits per heavy atom. The minimum absolute atomic E-state index is 0.191. The van der Waals surface area contributed by atoms with E-state index >= 15 is 0 Å². The van der Waals surface area contributed by atoms with Crippen molar-refractivity contribution < 1.29 is 14.9 Å². The van der Waals surface area contributed by atoms with Crippen LogP contribution in [0.5, 0.6) is 0 Å². The molecule has 0 unspecified atom stereocenters. The largest absolute Gasteiger partial charge is 0.341 e. The molecule has 0 saturated carbocycles. The predicted octanol–water partition coefficient (Wildman–Crippen LogP) is 1.92. The van der Waals surface area contributed by atoms with Crippen LogP contribution in [0.4, 0.5) is 4.79 Å². The van der Waals surface area contributed by atoms with Gasteiger partial charge in [0.2, 0.25) is 0 Å². The van der Waals surface area contributed by atoms with Gasteiger partial charge in [-0.25, -0.2) is 4.79 Å². The van der Waals surface area contributed by atoms with Gasteiger partial charge in [-0.15, -0.1) is 0 Å². The molecule has 0 heterocycles. The number of nitrogens with one attached hydrogen (secondary N) is 2. The standard InChI is InChI=1S/C18H29N3O2/c1-6-13(4)14-7-9-15(10-8-14)17(12(2)3)20-11-16(22)21-18(23)19-5/h7-10,12-13,17,20H,6,11H2,1-5H3,(H2,19,21,22,23)/p+1/t13-,17-/m1/s1. The van der Waals surface area contributed by atoms with Gasteiger partial charge in [0.05, 0.1) is 0 Å². The van der Waals surface area contributed by atoms with E-state index in [4.69, 9.17) is 0 Å². The molecule has 23 heavy (non-hydrogen) atoms. The summed E-state index contributed by atoms with van der Waals surface area (Å²) in [5, 5.41) is 6.65. The van der Waals surface area contributed by atoms with E-state index in [-0.39, 0.29) is 18.5 Å². The van der Waals surface area contributed by atoms with Gasteiger partial charge in [-0.1, -0.05) is 52.0 Å². The molecular formula is C18H30N3O2+. The molecule has 0 aliphatic heterocycles. The summed E-state index contributed by atoms with van der Waals surface area (Å²) in [5.41, 5.74) is 2.55. The summed E-state index contributed by atoms with van der Waals surface area (Å²) in [6.45, 7) is 8.92. The number of hydrogen-bond acceptors (Lipinski definition) is 2. The first kappa shape index (κ1) is 19.2. The number of rotatable bonds is 7. The summed E-state index contributed by atoms with van der Waals surface area (Å²) in [6, 6.07) is 8.38. The average Bonchev–Trinajstić information content (AvgIpc) is 2.54. The highest BCUT2D eigenvalue weighted by Gasteiger charge is 2.21. The monoisotopic (exact) mass is 320 g/mol. The van der Waals surface area contributed by atoms with Gasteiger partial charge in [0.15, 0.2) is 6.54 Å². The molecule has 3 amide bonds. The summed E-state index contributed by atoms with van der Waals surface area (Å²) >= 11 is 0. The quantitative estimate of drug-likeness (QED) is 0.718. The van der Waals surface area contributed by atoms with Crippen LogP contribution in [0.25, 0.3) is 0 Å². The summed E-state index contributed by atoms with van der Waals surface area (Å²) in [4.78, 5) is 22.9. The number of carbonyl (C=O) groups is 2. The Bertz CT molecular complexity index is 512. The van der Waals surface area contributed by atoms with Crippen LogP contribution in [-0.2, 0) is 4.79 Å². The maximum Gasteiger partial charge on any atom is 0.321 e. The number of urea groups is 1. The molecule has 0 aromatic heterocycles. The average molecular weight is 320 g/mol. The number of hydrogen-bond donors (Lipinski definition) is 3. The van der Waals surface area contributed by atoms with E-state index in [1.807, 2.05) is 5.32 Å². The predicted molar refractivity (Wildman–Crippen MR) is 92.1 cm³/mol. The number of imide groups is 1. The zero-order valence-corrected chi connectivity index (χ0v) is 14.8. The van der Waals surface area contributed by atoms with Gasteiger partial charge in [0.1, 0.15) is 6.04 Å². The second-order valence-corrected chi connectivity index (χ2v) is 6.31. The highest BCUT2D eigenvalue weighted by Crippen LogP contribution is 2.22. The van der Waals surface area contributed by atoms with Crippen LogP contribution in [0.15, 0.2) is 24.3 Å². The lowest BCUT2D eigenvalue weighted by atomic mass is 9.92. The Morgan fingerprint density at radius 1 is 1.09 bits per heavy atom.